The van der Waals surface area contributed by atoms with Gasteiger partial charge in [0.15, 0.2) is 11.5 Å². The fourth-order valence-electron chi connectivity index (χ4n) is 2.78. The molecule has 0 aliphatic carbocycles. The normalized spacial score (nSPS) is 10.5. The monoisotopic (exact) mass is 405 g/mol. The predicted molar refractivity (Wildman–Crippen MR) is 117 cm³/mol. The third-order valence-corrected chi connectivity index (χ3v) is 4.21. The number of nitrogens with one attached hydrogen (secondary N) is 1. The standard InChI is InChI=1S/C24H23NO5/c1-27-21-15-17(16-22(28-2)24(21)29-3)9-14-23(26)25-18-10-12-20(13-11-18)30-19-7-5-4-6-8-19/h4-16H,1-3H3,(H,25,26)/b14-9+. The first kappa shape index (κ1) is 20.8. The molecule has 1 N–H and O–H groups in total. The second kappa shape index (κ2) is 10.0. The lowest BCUT2D eigenvalue weighted by atomic mass is 10.1. The molecule has 154 valence electrons. The molecule has 30 heavy (non-hydrogen) atoms. The summed E-state index contributed by atoms with van der Waals surface area (Å²) in [5.41, 5.74) is 1.40. The molecule has 0 atom stereocenters. The number of benzene rings is 3. The van der Waals surface area contributed by atoms with Crippen molar-refractivity contribution in [2.75, 3.05) is 26.6 Å². The predicted octanol–water partition coefficient (Wildman–Crippen LogP) is 5.16. The van der Waals surface area contributed by atoms with Crippen LogP contribution < -0.4 is 24.3 Å². The summed E-state index contributed by atoms with van der Waals surface area (Å²) in [4.78, 5) is 12.3. The second-order valence-electron chi connectivity index (χ2n) is 6.22. The fraction of sp³-hybridized carbons (Fsp3) is 0.125. The molecule has 0 fully saturated rings. The van der Waals surface area contributed by atoms with E-state index in [4.69, 9.17) is 18.9 Å². The molecule has 6 heteroatoms. The molecule has 0 saturated heterocycles. The van der Waals surface area contributed by atoms with Gasteiger partial charge in [-0.25, -0.2) is 0 Å². The molecule has 3 aromatic carbocycles. The van der Waals surface area contributed by atoms with Gasteiger partial charge in [-0.2, -0.15) is 0 Å². The number of hydrogen-bond acceptors (Lipinski definition) is 5. The maximum atomic E-state index is 12.3. The molecule has 0 spiro atoms. The SMILES string of the molecule is COc1cc(/C=C/C(=O)Nc2ccc(Oc3ccccc3)cc2)cc(OC)c1OC. The minimum absolute atomic E-state index is 0.263. The van der Waals surface area contributed by atoms with Crippen LogP contribution in [0.5, 0.6) is 28.7 Å². The third kappa shape index (κ3) is 5.32. The van der Waals surface area contributed by atoms with Crippen LogP contribution in [0.25, 0.3) is 6.08 Å². The van der Waals surface area contributed by atoms with Crippen molar-refractivity contribution in [2.24, 2.45) is 0 Å². The number of anilines is 1. The van der Waals surface area contributed by atoms with Crippen LogP contribution in [0.1, 0.15) is 5.56 Å². The maximum absolute atomic E-state index is 12.3. The molecular formula is C24H23NO5. The zero-order valence-electron chi connectivity index (χ0n) is 17.0. The van der Waals surface area contributed by atoms with Crippen molar-refractivity contribution < 1.29 is 23.7 Å². The van der Waals surface area contributed by atoms with E-state index < -0.39 is 0 Å². The van der Waals surface area contributed by atoms with Crippen molar-refractivity contribution in [3.63, 3.8) is 0 Å². The lowest BCUT2D eigenvalue weighted by molar-refractivity contribution is -0.111. The quantitative estimate of drug-likeness (QED) is 0.525. The summed E-state index contributed by atoms with van der Waals surface area (Å²) in [5.74, 6) is 2.71. The minimum Gasteiger partial charge on any atom is -0.493 e. The smallest absolute Gasteiger partial charge is 0.248 e. The summed E-state index contributed by atoms with van der Waals surface area (Å²) in [6.45, 7) is 0. The first-order chi connectivity index (χ1) is 14.6. The molecule has 3 rings (SSSR count). The average Bonchev–Trinajstić information content (AvgIpc) is 2.78. The van der Waals surface area contributed by atoms with E-state index in [1.807, 2.05) is 30.3 Å². The van der Waals surface area contributed by atoms with Gasteiger partial charge in [0.1, 0.15) is 11.5 Å². The Hall–Kier alpha value is -3.93. The van der Waals surface area contributed by atoms with E-state index in [-0.39, 0.29) is 5.91 Å². The summed E-state index contributed by atoms with van der Waals surface area (Å²) in [5, 5.41) is 2.81. The first-order valence-electron chi connectivity index (χ1n) is 9.25. The summed E-state index contributed by atoms with van der Waals surface area (Å²) in [6, 6.07) is 20.2. The van der Waals surface area contributed by atoms with Gasteiger partial charge in [0.05, 0.1) is 21.3 Å². The Bertz CT molecular complexity index is 989. The van der Waals surface area contributed by atoms with Crippen molar-refractivity contribution in [3.05, 3.63) is 78.4 Å². The van der Waals surface area contributed by atoms with Crippen molar-refractivity contribution >= 4 is 17.7 Å². The lowest BCUT2D eigenvalue weighted by Gasteiger charge is -2.12. The Morgan fingerprint density at radius 1 is 0.800 bits per heavy atom. The Morgan fingerprint density at radius 2 is 1.40 bits per heavy atom. The zero-order valence-corrected chi connectivity index (χ0v) is 17.0. The highest BCUT2D eigenvalue weighted by molar-refractivity contribution is 6.02. The maximum Gasteiger partial charge on any atom is 0.248 e. The van der Waals surface area contributed by atoms with Crippen LogP contribution in [0, 0.1) is 0 Å². The van der Waals surface area contributed by atoms with Crippen LogP contribution in [-0.2, 0) is 4.79 Å². The summed E-state index contributed by atoms with van der Waals surface area (Å²) in [7, 11) is 4.63. The van der Waals surface area contributed by atoms with E-state index in [1.54, 1.807) is 63.8 Å². The topological polar surface area (TPSA) is 66.0 Å². The first-order valence-corrected chi connectivity index (χ1v) is 9.25. The van der Waals surface area contributed by atoms with Crippen molar-refractivity contribution in [1.29, 1.82) is 0 Å². The van der Waals surface area contributed by atoms with E-state index in [0.29, 0.717) is 28.7 Å². The van der Waals surface area contributed by atoms with Crippen molar-refractivity contribution in [2.45, 2.75) is 0 Å². The molecule has 0 bridgehead atoms. The van der Waals surface area contributed by atoms with Gasteiger partial charge in [0.2, 0.25) is 11.7 Å². The van der Waals surface area contributed by atoms with Crippen LogP contribution in [0.2, 0.25) is 0 Å². The molecule has 1 amide bonds. The minimum atomic E-state index is -0.263. The Labute approximate surface area is 175 Å². The van der Waals surface area contributed by atoms with E-state index in [2.05, 4.69) is 5.32 Å². The molecule has 0 saturated carbocycles. The number of carbonyl (C=O) groups excluding carboxylic acids is 1. The number of hydrogen-bond donors (Lipinski definition) is 1. The fourth-order valence-corrected chi connectivity index (χ4v) is 2.78. The van der Waals surface area contributed by atoms with E-state index in [9.17, 15) is 4.79 Å². The van der Waals surface area contributed by atoms with Gasteiger partial charge in [-0.15, -0.1) is 0 Å². The molecule has 0 radical (unpaired) electrons. The number of amides is 1. The molecule has 0 heterocycles. The molecule has 0 aliphatic rings. The van der Waals surface area contributed by atoms with Crippen LogP contribution in [0.4, 0.5) is 5.69 Å². The number of para-hydroxylation sites is 1. The van der Waals surface area contributed by atoms with Crippen molar-refractivity contribution in [3.8, 4) is 28.7 Å². The number of rotatable bonds is 8. The van der Waals surface area contributed by atoms with Crippen molar-refractivity contribution in [1.82, 2.24) is 0 Å². The largest absolute Gasteiger partial charge is 0.493 e. The molecule has 0 aromatic heterocycles. The summed E-state index contributed by atoms with van der Waals surface area (Å²) >= 11 is 0. The average molecular weight is 405 g/mol. The number of methoxy groups -OCH3 is 3. The Balaban J connectivity index is 1.64. The molecule has 0 unspecified atom stereocenters. The molecular weight excluding hydrogens is 382 g/mol. The van der Waals surface area contributed by atoms with Crippen LogP contribution in [-0.4, -0.2) is 27.2 Å². The van der Waals surface area contributed by atoms with Gasteiger partial charge in [0.25, 0.3) is 0 Å². The summed E-state index contributed by atoms with van der Waals surface area (Å²) < 4.78 is 21.7. The van der Waals surface area contributed by atoms with E-state index in [1.165, 1.54) is 6.08 Å². The highest BCUT2D eigenvalue weighted by Gasteiger charge is 2.12. The molecule has 3 aromatic rings. The second-order valence-corrected chi connectivity index (χ2v) is 6.22. The van der Waals surface area contributed by atoms with Gasteiger partial charge >= 0.3 is 0 Å². The Kier molecular flexibility index (Phi) is 6.95. The molecule has 0 aliphatic heterocycles. The summed E-state index contributed by atoms with van der Waals surface area (Å²) in [6.07, 6.45) is 3.11. The van der Waals surface area contributed by atoms with Gasteiger partial charge < -0.3 is 24.3 Å². The lowest BCUT2D eigenvalue weighted by Crippen LogP contribution is -2.07. The van der Waals surface area contributed by atoms with Gasteiger partial charge in [-0.3, -0.25) is 4.79 Å². The number of ether oxygens (including phenoxy) is 4. The zero-order chi connectivity index (χ0) is 21.3. The van der Waals surface area contributed by atoms with Crippen LogP contribution >= 0.6 is 0 Å². The highest BCUT2D eigenvalue weighted by Crippen LogP contribution is 2.38. The van der Waals surface area contributed by atoms with Gasteiger partial charge in [-0.05, 0) is 60.2 Å². The van der Waals surface area contributed by atoms with E-state index in [0.717, 1.165) is 11.3 Å². The van der Waals surface area contributed by atoms with Crippen LogP contribution in [0.15, 0.2) is 72.8 Å². The Morgan fingerprint density at radius 3 is 1.97 bits per heavy atom. The van der Waals surface area contributed by atoms with Gasteiger partial charge in [-0.1, -0.05) is 18.2 Å². The van der Waals surface area contributed by atoms with Gasteiger partial charge in [0, 0.05) is 11.8 Å². The molecule has 6 nitrogen and oxygen atoms in total. The van der Waals surface area contributed by atoms with E-state index >= 15 is 0 Å². The number of carbonyl (C=O) groups is 1. The van der Waals surface area contributed by atoms with Crippen LogP contribution in [0.3, 0.4) is 0 Å². The third-order valence-electron chi connectivity index (χ3n) is 4.21. The highest BCUT2D eigenvalue weighted by atomic mass is 16.5.